The molecule has 0 radical (unpaired) electrons. The van der Waals surface area contributed by atoms with Gasteiger partial charge in [0, 0.05) is 16.6 Å². The Morgan fingerprint density at radius 1 is 0.767 bits per heavy atom. The third kappa shape index (κ3) is 4.36. The second kappa shape index (κ2) is 6.96. The first-order valence-corrected chi connectivity index (χ1v) is 7.90. The molecular weight excluding hydrogens is 431 g/mol. The number of alkyl halides is 9. The Morgan fingerprint density at radius 3 is 2.00 bits per heavy atom. The Hall–Kier alpha value is -3.18. The van der Waals surface area contributed by atoms with E-state index >= 15 is 0 Å². The van der Waals surface area contributed by atoms with Crippen molar-refractivity contribution in [3.05, 3.63) is 53.7 Å². The number of nitrogens with two attached hydrogens (primary N) is 1. The number of aromatic nitrogens is 1. The molecule has 1 heterocycles. The van der Waals surface area contributed by atoms with Gasteiger partial charge in [-0.3, -0.25) is 0 Å². The molecule has 0 aliphatic carbocycles. The SMILES string of the molecule is Nc1ccc(C(F)(F)F)cc1-c1cc(C(F)(F)F)nc2c(OC(F)(F)F)cccc12. The molecular formula is C18H9F9N2O. The van der Waals surface area contributed by atoms with E-state index in [1.807, 2.05) is 0 Å². The van der Waals surface area contributed by atoms with E-state index in [0.717, 1.165) is 24.3 Å². The van der Waals surface area contributed by atoms with E-state index in [0.29, 0.717) is 18.2 Å². The Morgan fingerprint density at radius 2 is 1.43 bits per heavy atom. The lowest BCUT2D eigenvalue weighted by atomic mass is 9.96. The number of nitrogens with zero attached hydrogens (tertiary/aromatic N) is 1. The van der Waals surface area contributed by atoms with Gasteiger partial charge in [-0.05, 0) is 35.9 Å². The van der Waals surface area contributed by atoms with E-state index in [9.17, 15) is 39.5 Å². The average Bonchev–Trinajstić information content (AvgIpc) is 2.58. The molecule has 0 aliphatic rings. The fourth-order valence-electron chi connectivity index (χ4n) is 2.76. The van der Waals surface area contributed by atoms with E-state index in [-0.39, 0.29) is 11.1 Å². The van der Waals surface area contributed by atoms with Gasteiger partial charge in [0.15, 0.2) is 5.75 Å². The van der Waals surface area contributed by atoms with Gasteiger partial charge in [-0.15, -0.1) is 13.2 Å². The Balaban J connectivity index is 2.39. The van der Waals surface area contributed by atoms with Crippen molar-refractivity contribution in [1.82, 2.24) is 4.98 Å². The molecule has 160 valence electrons. The van der Waals surface area contributed by atoms with Gasteiger partial charge in [0.2, 0.25) is 0 Å². The maximum atomic E-state index is 13.3. The van der Waals surface area contributed by atoms with Gasteiger partial charge in [0.05, 0.1) is 5.56 Å². The van der Waals surface area contributed by atoms with Crippen LogP contribution in [0, 0.1) is 0 Å². The summed E-state index contributed by atoms with van der Waals surface area (Å²) < 4.78 is 121. The first-order chi connectivity index (χ1) is 13.7. The summed E-state index contributed by atoms with van der Waals surface area (Å²) in [6, 6.07) is 5.28. The van der Waals surface area contributed by atoms with E-state index < -0.39 is 52.4 Å². The number of fused-ring (bicyclic) bond motifs is 1. The van der Waals surface area contributed by atoms with Crippen molar-refractivity contribution < 1.29 is 44.3 Å². The van der Waals surface area contributed by atoms with Crippen LogP contribution in [0.1, 0.15) is 11.3 Å². The van der Waals surface area contributed by atoms with Crippen molar-refractivity contribution in [3.8, 4) is 16.9 Å². The van der Waals surface area contributed by atoms with Gasteiger partial charge in [-0.2, -0.15) is 26.3 Å². The summed E-state index contributed by atoms with van der Waals surface area (Å²) >= 11 is 0. The Kier molecular flexibility index (Phi) is 4.99. The molecule has 12 heteroatoms. The zero-order valence-electron chi connectivity index (χ0n) is 14.4. The van der Waals surface area contributed by atoms with Gasteiger partial charge in [0.1, 0.15) is 11.2 Å². The van der Waals surface area contributed by atoms with Gasteiger partial charge < -0.3 is 10.5 Å². The number of hydrogen-bond donors (Lipinski definition) is 1. The van der Waals surface area contributed by atoms with Crippen LogP contribution in [0.2, 0.25) is 0 Å². The minimum Gasteiger partial charge on any atom is -0.403 e. The first kappa shape index (κ1) is 21.5. The molecule has 0 spiro atoms. The van der Waals surface area contributed by atoms with Crippen LogP contribution in [0.4, 0.5) is 45.2 Å². The summed E-state index contributed by atoms with van der Waals surface area (Å²) in [5.41, 5.74) is 0.763. The normalized spacial score (nSPS) is 13.0. The van der Waals surface area contributed by atoms with Crippen LogP contribution in [-0.4, -0.2) is 11.3 Å². The van der Waals surface area contributed by atoms with Gasteiger partial charge >= 0.3 is 18.7 Å². The molecule has 0 amide bonds. The number of ether oxygens (including phenoxy) is 1. The van der Waals surface area contributed by atoms with Crippen molar-refractivity contribution in [1.29, 1.82) is 0 Å². The van der Waals surface area contributed by atoms with Crippen LogP contribution < -0.4 is 10.5 Å². The lowest BCUT2D eigenvalue weighted by Gasteiger charge is -2.17. The molecule has 0 fully saturated rings. The predicted molar refractivity (Wildman–Crippen MR) is 88.3 cm³/mol. The summed E-state index contributed by atoms with van der Waals surface area (Å²) in [5.74, 6) is -1.04. The van der Waals surface area contributed by atoms with E-state index in [1.165, 1.54) is 0 Å². The lowest BCUT2D eigenvalue weighted by Crippen LogP contribution is -2.18. The summed E-state index contributed by atoms with van der Waals surface area (Å²) in [6.45, 7) is 0. The number of hydrogen-bond acceptors (Lipinski definition) is 3. The first-order valence-electron chi connectivity index (χ1n) is 7.90. The second-order valence-corrected chi connectivity index (χ2v) is 6.05. The minimum atomic E-state index is -5.24. The molecule has 0 saturated heterocycles. The number of anilines is 1. The molecule has 0 atom stereocenters. The number of pyridine rings is 1. The maximum absolute atomic E-state index is 13.3. The van der Waals surface area contributed by atoms with Crippen molar-refractivity contribution in [2.45, 2.75) is 18.7 Å². The van der Waals surface area contributed by atoms with Crippen LogP contribution in [-0.2, 0) is 12.4 Å². The summed E-state index contributed by atoms with van der Waals surface area (Å²) in [4.78, 5) is 3.20. The fraction of sp³-hybridized carbons (Fsp3) is 0.167. The highest BCUT2D eigenvalue weighted by atomic mass is 19.4. The number of halogens is 9. The highest BCUT2D eigenvalue weighted by Gasteiger charge is 2.36. The molecule has 0 aliphatic heterocycles. The molecule has 2 aromatic carbocycles. The van der Waals surface area contributed by atoms with Crippen molar-refractivity contribution >= 4 is 16.6 Å². The lowest BCUT2D eigenvalue weighted by molar-refractivity contribution is -0.274. The zero-order chi connectivity index (χ0) is 22.5. The fourth-order valence-corrected chi connectivity index (χ4v) is 2.76. The Bertz CT molecular complexity index is 1100. The predicted octanol–water partition coefficient (Wildman–Crippen LogP) is 6.42. The maximum Gasteiger partial charge on any atom is 0.573 e. The highest BCUT2D eigenvalue weighted by molar-refractivity contribution is 6.00. The highest BCUT2D eigenvalue weighted by Crippen LogP contribution is 2.42. The third-order valence-electron chi connectivity index (χ3n) is 3.99. The number of para-hydroxylation sites is 1. The van der Waals surface area contributed by atoms with Crippen LogP contribution >= 0.6 is 0 Å². The minimum absolute atomic E-state index is 0.309. The zero-order valence-corrected chi connectivity index (χ0v) is 14.4. The Labute approximate surface area is 161 Å². The summed E-state index contributed by atoms with van der Waals surface area (Å²) in [7, 11) is 0. The van der Waals surface area contributed by atoms with Crippen LogP contribution in [0.3, 0.4) is 0 Å². The molecule has 3 rings (SSSR count). The molecule has 1 aromatic heterocycles. The topological polar surface area (TPSA) is 48.1 Å². The van der Waals surface area contributed by atoms with Crippen LogP contribution in [0.5, 0.6) is 5.75 Å². The van der Waals surface area contributed by atoms with Gasteiger partial charge in [-0.25, -0.2) is 4.98 Å². The smallest absolute Gasteiger partial charge is 0.403 e. The number of rotatable bonds is 2. The molecule has 0 bridgehead atoms. The number of nitrogen functional groups attached to an aromatic ring is 1. The average molecular weight is 440 g/mol. The molecule has 0 unspecified atom stereocenters. The van der Waals surface area contributed by atoms with E-state index in [2.05, 4.69) is 9.72 Å². The summed E-state index contributed by atoms with van der Waals surface area (Å²) in [6.07, 6.45) is -15.2. The van der Waals surface area contributed by atoms with E-state index in [4.69, 9.17) is 5.73 Å². The number of benzene rings is 2. The van der Waals surface area contributed by atoms with Gasteiger partial charge in [-0.1, -0.05) is 12.1 Å². The van der Waals surface area contributed by atoms with Crippen LogP contribution in [0.25, 0.3) is 22.0 Å². The quantitative estimate of drug-likeness (QED) is 0.370. The van der Waals surface area contributed by atoms with E-state index in [1.54, 1.807) is 0 Å². The monoisotopic (exact) mass is 440 g/mol. The summed E-state index contributed by atoms with van der Waals surface area (Å²) in [5, 5.41) is -0.309. The third-order valence-corrected chi connectivity index (χ3v) is 3.99. The largest absolute Gasteiger partial charge is 0.573 e. The molecule has 0 saturated carbocycles. The standard InChI is InChI=1S/C18H9F9N2O/c19-16(20,21)8-4-5-12(28)11(6-8)10-7-14(17(22,23)24)29-15-9(10)2-1-3-13(15)30-18(25,26)27/h1-7H,28H2. The van der Waals surface area contributed by atoms with Crippen LogP contribution in [0.15, 0.2) is 42.5 Å². The van der Waals surface area contributed by atoms with Crippen molar-refractivity contribution in [3.63, 3.8) is 0 Å². The van der Waals surface area contributed by atoms with Crippen molar-refractivity contribution in [2.24, 2.45) is 0 Å². The molecule has 2 N–H and O–H groups in total. The van der Waals surface area contributed by atoms with Crippen molar-refractivity contribution in [2.75, 3.05) is 5.73 Å². The molecule has 3 nitrogen and oxygen atoms in total. The molecule has 3 aromatic rings. The molecule has 30 heavy (non-hydrogen) atoms. The van der Waals surface area contributed by atoms with Gasteiger partial charge in [0.25, 0.3) is 0 Å². The second-order valence-electron chi connectivity index (χ2n) is 6.05.